The van der Waals surface area contributed by atoms with Gasteiger partial charge >= 0.3 is 6.01 Å². The quantitative estimate of drug-likeness (QED) is 0.630. The standard InChI is InChI=1S/C23H26N4O4S/c1-15-6-8-20(9-7-15)32(29,30)27-10-4-5-18(14-27)21(28)24-23-26-25-22(31-23)19-12-16(2)11-17(3)13-19/h6-9,11-13,18H,4-5,10,14H2,1-3H3,(H,24,26,28). The molecule has 1 N–H and O–H groups in total. The van der Waals surface area contributed by atoms with Crippen molar-refractivity contribution in [3.63, 3.8) is 0 Å². The summed E-state index contributed by atoms with van der Waals surface area (Å²) in [4.78, 5) is 13.1. The van der Waals surface area contributed by atoms with Crippen molar-refractivity contribution < 1.29 is 17.6 Å². The third-order valence-electron chi connectivity index (χ3n) is 5.54. The molecule has 4 rings (SSSR count). The smallest absolute Gasteiger partial charge is 0.322 e. The third-order valence-corrected chi connectivity index (χ3v) is 7.42. The van der Waals surface area contributed by atoms with Crippen molar-refractivity contribution in [2.75, 3.05) is 18.4 Å². The van der Waals surface area contributed by atoms with Crippen LogP contribution in [0.1, 0.15) is 29.5 Å². The number of nitrogens with zero attached hydrogens (tertiary/aromatic N) is 3. The highest BCUT2D eigenvalue weighted by atomic mass is 32.2. The van der Waals surface area contributed by atoms with Crippen molar-refractivity contribution in [2.24, 2.45) is 5.92 Å². The molecule has 2 aromatic carbocycles. The summed E-state index contributed by atoms with van der Waals surface area (Å²) < 4.78 is 33.0. The van der Waals surface area contributed by atoms with E-state index in [2.05, 4.69) is 15.5 Å². The predicted molar refractivity (Wildman–Crippen MR) is 120 cm³/mol. The Labute approximate surface area is 187 Å². The van der Waals surface area contributed by atoms with E-state index in [9.17, 15) is 13.2 Å². The SMILES string of the molecule is Cc1ccc(S(=O)(=O)N2CCCC(C(=O)Nc3nnc(-c4cc(C)cc(C)c4)o3)C2)cc1. The van der Waals surface area contributed by atoms with Crippen molar-refractivity contribution >= 4 is 21.9 Å². The predicted octanol–water partition coefficient (Wildman–Crippen LogP) is 3.70. The number of benzene rings is 2. The molecular weight excluding hydrogens is 428 g/mol. The minimum atomic E-state index is -3.66. The number of aryl methyl sites for hydroxylation is 3. The molecule has 1 unspecified atom stereocenters. The summed E-state index contributed by atoms with van der Waals surface area (Å²) in [7, 11) is -3.66. The first kappa shape index (κ1) is 22.2. The Kier molecular flexibility index (Phi) is 6.12. The maximum absolute atomic E-state index is 13.0. The molecule has 9 heteroatoms. The number of nitrogens with one attached hydrogen (secondary N) is 1. The number of anilines is 1. The van der Waals surface area contributed by atoms with E-state index in [0.29, 0.717) is 25.3 Å². The number of amides is 1. The molecule has 1 atom stereocenters. The second kappa shape index (κ2) is 8.84. The summed E-state index contributed by atoms with van der Waals surface area (Å²) in [5, 5.41) is 10.6. The average molecular weight is 455 g/mol. The summed E-state index contributed by atoms with van der Waals surface area (Å²) in [6.45, 7) is 6.36. The highest BCUT2D eigenvalue weighted by Gasteiger charge is 2.33. The van der Waals surface area contributed by atoms with Crippen LogP contribution in [0, 0.1) is 26.7 Å². The van der Waals surface area contributed by atoms with E-state index in [1.54, 1.807) is 24.3 Å². The van der Waals surface area contributed by atoms with Crippen molar-refractivity contribution in [3.05, 3.63) is 59.2 Å². The Morgan fingerprint density at radius 1 is 1.03 bits per heavy atom. The van der Waals surface area contributed by atoms with Gasteiger partial charge in [-0.3, -0.25) is 10.1 Å². The molecule has 0 spiro atoms. The van der Waals surface area contributed by atoms with Gasteiger partial charge in [-0.1, -0.05) is 40.0 Å². The lowest BCUT2D eigenvalue weighted by Crippen LogP contribution is -2.43. The lowest BCUT2D eigenvalue weighted by atomic mass is 9.99. The molecule has 1 amide bonds. The molecule has 168 valence electrons. The number of carbonyl (C=O) groups is 1. The van der Waals surface area contributed by atoms with E-state index < -0.39 is 15.9 Å². The number of hydrogen-bond acceptors (Lipinski definition) is 6. The van der Waals surface area contributed by atoms with E-state index in [-0.39, 0.29) is 23.4 Å². The summed E-state index contributed by atoms with van der Waals surface area (Å²) in [5.41, 5.74) is 3.91. The minimum Gasteiger partial charge on any atom is -0.403 e. The number of rotatable bonds is 5. The monoisotopic (exact) mass is 454 g/mol. The van der Waals surface area contributed by atoms with Gasteiger partial charge in [0.25, 0.3) is 0 Å². The summed E-state index contributed by atoms with van der Waals surface area (Å²) in [5.74, 6) is -0.510. The van der Waals surface area contributed by atoms with Crippen LogP contribution in [0.25, 0.3) is 11.5 Å². The normalized spacial score (nSPS) is 17.3. The summed E-state index contributed by atoms with van der Waals surface area (Å²) in [6, 6.07) is 12.6. The van der Waals surface area contributed by atoms with Gasteiger partial charge in [0.15, 0.2) is 0 Å². The second-order valence-corrected chi connectivity index (χ2v) is 10.2. The zero-order valence-electron chi connectivity index (χ0n) is 18.3. The van der Waals surface area contributed by atoms with Gasteiger partial charge in [-0.15, -0.1) is 5.10 Å². The molecule has 1 saturated heterocycles. The van der Waals surface area contributed by atoms with Crippen LogP contribution in [0.3, 0.4) is 0 Å². The topological polar surface area (TPSA) is 105 Å². The van der Waals surface area contributed by atoms with Crippen molar-refractivity contribution in [3.8, 4) is 11.5 Å². The van der Waals surface area contributed by atoms with Crippen LogP contribution < -0.4 is 5.32 Å². The van der Waals surface area contributed by atoms with Crippen LogP contribution in [0.4, 0.5) is 6.01 Å². The van der Waals surface area contributed by atoms with E-state index >= 15 is 0 Å². The van der Waals surface area contributed by atoms with Crippen LogP contribution in [0.2, 0.25) is 0 Å². The van der Waals surface area contributed by atoms with Gasteiger partial charge in [-0.2, -0.15) is 4.31 Å². The van der Waals surface area contributed by atoms with Crippen molar-refractivity contribution in [1.29, 1.82) is 0 Å². The molecule has 0 radical (unpaired) electrons. The highest BCUT2D eigenvalue weighted by molar-refractivity contribution is 7.89. The zero-order chi connectivity index (χ0) is 22.9. The number of carbonyl (C=O) groups excluding carboxylic acids is 1. The fourth-order valence-electron chi connectivity index (χ4n) is 3.93. The third kappa shape index (κ3) is 4.73. The van der Waals surface area contributed by atoms with Gasteiger partial charge in [-0.25, -0.2) is 8.42 Å². The Hall–Kier alpha value is -3.04. The minimum absolute atomic E-state index is 0.00248. The zero-order valence-corrected chi connectivity index (χ0v) is 19.1. The second-order valence-electron chi connectivity index (χ2n) is 8.29. The molecule has 32 heavy (non-hydrogen) atoms. The molecule has 1 aliphatic rings. The van der Waals surface area contributed by atoms with Crippen LogP contribution in [-0.2, 0) is 14.8 Å². The van der Waals surface area contributed by atoms with Crippen molar-refractivity contribution in [1.82, 2.24) is 14.5 Å². The molecule has 0 aliphatic carbocycles. The molecule has 0 bridgehead atoms. The fraction of sp³-hybridized carbons (Fsp3) is 0.348. The van der Waals surface area contributed by atoms with Gasteiger partial charge < -0.3 is 4.42 Å². The van der Waals surface area contributed by atoms with Gasteiger partial charge in [0.2, 0.25) is 21.8 Å². The molecule has 1 fully saturated rings. The Balaban J connectivity index is 1.45. The molecule has 0 saturated carbocycles. The maximum Gasteiger partial charge on any atom is 0.322 e. The van der Waals surface area contributed by atoms with E-state index in [0.717, 1.165) is 22.3 Å². The van der Waals surface area contributed by atoms with Crippen LogP contribution in [-0.4, -0.2) is 41.9 Å². The van der Waals surface area contributed by atoms with E-state index in [1.165, 1.54) is 4.31 Å². The molecule has 1 aromatic heterocycles. The Morgan fingerprint density at radius 3 is 2.41 bits per heavy atom. The summed E-state index contributed by atoms with van der Waals surface area (Å²) >= 11 is 0. The average Bonchev–Trinajstić information content (AvgIpc) is 3.22. The number of hydrogen-bond donors (Lipinski definition) is 1. The van der Waals surface area contributed by atoms with Gasteiger partial charge in [0, 0.05) is 18.7 Å². The first-order valence-electron chi connectivity index (χ1n) is 10.5. The lowest BCUT2D eigenvalue weighted by Gasteiger charge is -2.30. The van der Waals surface area contributed by atoms with E-state index in [4.69, 9.17) is 4.42 Å². The molecule has 2 heterocycles. The maximum atomic E-state index is 13.0. The molecular formula is C23H26N4O4S. The van der Waals surface area contributed by atoms with Gasteiger partial charge in [0.05, 0.1) is 10.8 Å². The first-order chi connectivity index (χ1) is 15.2. The van der Waals surface area contributed by atoms with Crippen LogP contribution in [0.15, 0.2) is 51.8 Å². The Bertz CT molecular complexity index is 1210. The largest absolute Gasteiger partial charge is 0.403 e. The first-order valence-corrected chi connectivity index (χ1v) is 12.0. The number of piperidine rings is 1. The molecule has 3 aromatic rings. The van der Waals surface area contributed by atoms with Gasteiger partial charge in [0.1, 0.15) is 0 Å². The summed E-state index contributed by atoms with van der Waals surface area (Å²) in [6.07, 6.45) is 1.19. The van der Waals surface area contributed by atoms with Crippen molar-refractivity contribution in [2.45, 2.75) is 38.5 Å². The van der Waals surface area contributed by atoms with Crippen LogP contribution in [0.5, 0.6) is 0 Å². The van der Waals surface area contributed by atoms with Crippen LogP contribution >= 0.6 is 0 Å². The van der Waals surface area contributed by atoms with E-state index in [1.807, 2.05) is 39.0 Å². The Morgan fingerprint density at radius 2 is 1.72 bits per heavy atom. The lowest BCUT2D eigenvalue weighted by molar-refractivity contribution is -0.121. The highest BCUT2D eigenvalue weighted by Crippen LogP contribution is 2.26. The van der Waals surface area contributed by atoms with Gasteiger partial charge in [-0.05, 0) is 57.9 Å². The molecule has 8 nitrogen and oxygen atoms in total. The molecule has 1 aliphatic heterocycles. The fourth-order valence-corrected chi connectivity index (χ4v) is 5.45. The number of sulfonamides is 1. The number of aromatic nitrogens is 2.